The van der Waals surface area contributed by atoms with Crippen LogP contribution in [0.2, 0.25) is 0 Å². The number of carbonyl (C=O) groups is 2. The van der Waals surface area contributed by atoms with Gasteiger partial charge in [0.15, 0.2) is 18.1 Å². The van der Waals surface area contributed by atoms with Crippen LogP contribution in [-0.4, -0.2) is 37.0 Å². The molecule has 0 bridgehead atoms. The van der Waals surface area contributed by atoms with Crippen molar-refractivity contribution in [3.05, 3.63) is 51.7 Å². The van der Waals surface area contributed by atoms with Crippen molar-refractivity contribution in [3.8, 4) is 11.5 Å². The summed E-state index contributed by atoms with van der Waals surface area (Å²) in [4.78, 5) is 26.5. The largest absolute Gasteiger partial charge is 0.493 e. The maximum Gasteiger partial charge on any atom is 0.255 e. The zero-order valence-corrected chi connectivity index (χ0v) is 15.3. The summed E-state index contributed by atoms with van der Waals surface area (Å²) in [6, 6.07) is 7.30. The van der Waals surface area contributed by atoms with E-state index >= 15 is 0 Å². The van der Waals surface area contributed by atoms with Gasteiger partial charge in [-0.2, -0.15) is 0 Å². The van der Waals surface area contributed by atoms with Crippen LogP contribution in [0.25, 0.3) is 6.08 Å². The van der Waals surface area contributed by atoms with Crippen LogP contribution in [-0.2, 0) is 22.6 Å². The van der Waals surface area contributed by atoms with Gasteiger partial charge < -0.3 is 20.1 Å². The first-order chi connectivity index (χ1) is 12.6. The molecule has 6 nitrogen and oxygen atoms in total. The zero-order chi connectivity index (χ0) is 18.5. The number of fused-ring (bicyclic) bond motifs is 1. The molecule has 3 rings (SSSR count). The Hall–Kier alpha value is -2.80. The molecule has 0 saturated heterocycles. The number of rotatable bonds is 6. The van der Waals surface area contributed by atoms with Gasteiger partial charge in [0.05, 0.1) is 7.11 Å². The summed E-state index contributed by atoms with van der Waals surface area (Å²) in [7, 11) is 1.51. The molecule has 1 aromatic carbocycles. The highest BCUT2D eigenvalue weighted by Crippen LogP contribution is 2.29. The van der Waals surface area contributed by atoms with Crippen molar-refractivity contribution in [2.24, 2.45) is 5.73 Å². The Kier molecular flexibility index (Phi) is 5.58. The molecule has 2 aromatic rings. The van der Waals surface area contributed by atoms with Crippen LogP contribution in [0.5, 0.6) is 11.5 Å². The van der Waals surface area contributed by atoms with E-state index in [9.17, 15) is 9.59 Å². The Bertz CT molecular complexity index is 844. The van der Waals surface area contributed by atoms with Crippen LogP contribution in [0.4, 0.5) is 0 Å². The Balaban J connectivity index is 1.66. The van der Waals surface area contributed by atoms with E-state index in [1.807, 2.05) is 4.90 Å². The molecule has 0 unspecified atom stereocenters. The Labute approximate surface area is 155 Å². The monoisotopic (exact) mass is 372 g/mol. The molecule has 136 valence electrons. The summed E-state index contributed by atoms with van der Waals surface area (Å²) >= 11 is 1.75. The fourth-order valence-corrected chi connectivity index (χ4v) is 3.66. The lowest BCUT2D eigenvalue weighted by atomic mass is 10.1. The maximum absolute atomic E-state index is 12.4. The molecular weight excluding hydrogens is 352 g/mol. The molecule has 2 amide bonds. The second-order valence-corrected chi connectivity index (χ2v) is 6.88. The number of carbonyl (C=O) groups excluding carboxylic acids is 2. The highest BCUT2D eigenvalue weighted by molar-refractivity contribution is 7.10. The van der Waals surface area contributed by atoms with Crippen LogP contribution in [0.3, 0.4) is 0 Å². The molecule has 0 atom stereocenters. The van der Waals surface area contributed by atoms with Gasteiger partial charge in [-0.1, -0.05) is 6.07 Å². The number of hydrogen-bond donors (Lipinski definition) is 1. The fourth-order valence-electron chi connectivity index (χ4n) is 2.77. The van der Waals surface area contributed by atoms with Crippen molar-refractivity contribution in [3.63, 3.8) is 0 Å². The first-order valence-electron chi connectivity index (χ1n) is 8.18. The number of nitrogens with two attached hydrogens (primary N) is 1. The first kappa shape index (κ1) is 18.0. The highest BCUT2D eigenvalue weighted by atomic mass is 32.1. The lowest BCUT2D eigenvalue weighted by Crippen LogP contribution is -2.34. The molecule has 1 aliphatic heterocycles. The summed E-state index contributed by atoms with van der Waals surface area (Å²) in [5.74, 6) is 0.323. The molecule has 2 heterocycles. The lowest BCUT2D eigenvalue weighted by molar-refractivity contribution is -0.126. The fraction of sp³-hybridized carbons (Fsp3) is 0.263. The number of hydrogen-bond acceptors (Lipinski definition) is 5. The van der Waals surface area contributed by atoms with E-state index in [-0.39, 0.29) is 12.5 Å². The van der Waals surface area contributed by atoms with Gasteiger partial charge in [-0.15, -0.1) is 11.3 Å². The van der Waals surface area contributed by atoms with Crippen molar-refractivity contribution < 1.29 is 19.1 Å². The summed E-state index contributed by atoms with van der Waals surface area (Å²) in [5, 5.41) is 2.07. The molecule has 0 aliphatic carbocycles. The molecule has 2 N–H and O–H groups in total. The predicted octanol–water partition coefficient (Wildman–Crippen LogP) is 2.22. The Morgan fingerprint density at radius 3 is 2.92 bits per heavy atom. The number of benzene rings is 1. The van der Waals surface area contributed by atoms with Gasteiger partial charge in [0.25, 0.3) is 5.91 Å². The number of methoxy groups -OCH3 is 1. The van der Waals surface area contributed by atoms with E-state index < -0.39 is 5.91 Å². The third kappa shape index (κ3) is 4.23. The summed E-state index contributed by atoms with van der Waals surface area (Å²) in [5.41, 5.74) is 7.12. The van der Waals surface area contributed by atoms with Gasteiger partial charge in [-0.05, 0) is 47.2 Å². The second-order valence-electron chi connectivity index (χ2n) is 5.88. The number of nitrogens with zero attached hydrogens (tertiary/aromatic N) is 1. The van der Waals surface area contributed by atoms with Gasteiger partial charge >= 0.3 is 0 Å². The van der Waals surface area contributed by atoms with E-state index in [2.05, 4.69) is 11.4 Å². The molecule has 0 saturated carbocycles. The van der Waals surface area contributed by atoms with Crippen molar-refractivity contribution in [1.82, 2.24) is 4.90 Å². The minimum Gasteiger partial charge on any atom is -0.493 e. The van der Waals surface area contributed by atoms with Crippen LogP contribution in [0.15, 0.2) is 35.7 Å². The van der Waals surface area contributed by atoms with Gasteiger partial charge in [-0.3, -0.25) is 9.59 Å². The molecule has 7 heteroatoms. The standard InChI is InChI=1S/C19H20N2O4S/c1-24-16-10-13(2-4-15(16)25-12-18(20)22)3-5-19(23)21-8-6-17-14(11-21)7-9-26-17/h2-5,7,9-10H,6,8,11-12H2,1H3,(H2,20,22)/b5-3+. The van der Waals surface area contributed by atoms with Crippen molar-refractivity contribution in [2.45, 2.75) is 13.0 Å². The van der Waals surface area contributed by atoms with Crippen LogP contribution >= 0.6 is 11.3 Å². The molecule has 1 aliphatic rings. The number of amides is 2. The average molecular weight is 372 g/mol. The molecule has 0 fully saturated rings. The van der Waals surface area contributed by atoms with Crippen molar-refractivity contribution in [1.29, 1.82) is 0 Å². The van der Waals surface area contributed by atoms with Crippen LogP contribution in [0, 0.1) is 0 Å². The Morgan fingerprint density at radius 1 is 1.31 bits per heavy atom. The second kappa shape index (κ2) is 8.05. The number of primary amides is 1. The van der Waals surface area contributed by atoms with Crippen molar-refractivity contribution in [2.75, 3.05) is 20.3 Å². The van der Waals surface area contributed by atoms with Gasteiger partial charge in [-0.25, -0.2) is 0 Å². The molecule has 0 radical (unpaired) electrons. The number of thiophene rings is 1. The number of ether oxygens (including phenoxy) is 2. The highest BCUT2D eigenvalue weighted by Gasteiger charge is 2.19. The zero-order valence-electron chi connectivity index (χ0n) is 14.4. The van der Waals surface area contributed by atoms with E-state index in [0.717, 1.165) is 18.5 Å². The summed E-state index contributed by atoms with van der Waals surface area (Å²) in [6.07, 6.45) is 4.22. The quantitative estimate of drug-likeness (QED) is 0.789. The SMILES string of the molecule is COc1cc(/C=C/C(=O)N2CCc3sccc3C2)ccc1OCC(N)=O. The van der Waals surface area contributed by atoms with Gasteiger partial charge in [0, 0.05) is 24.0 Å². The maximum atomic E-state index is 12.4. The smallest absolute Gasteiger partial charge is 0.255 e. The summed E-state index contributed by atoms with van der Waals surface area (Å²) in [6.45, 7) is 1.18. The lowest BCUT2D eigenvalue weighted by Gasteiger charge is -2.25. The molecule has 1 aromatic heterocycles. The topological polar surface area (TPSA) is 81.9 Å². The van der Waals surface area contributed by atoms with E-state index in [0.29, 0.717) is 18.0 Å². The molecule has 26 heavy (non-hydrogen) atoms. The minimum atomic E-state index is -0.558. The van der Waals surface area contributed by atoms with Gasteiger partial charge in [0.2, 0.25) is 5.91 Å². The Morgan fingerprint density at radius 2 is 2.15 bits per heavy atom. The van der Waals surface area contributed by atoms with Crippen LogP contribution < -0.4 is 15.2 Å². The third-order valence-electron chi connectivity index (χ3n) is 4.10. The van der Waals surface area contributed by atoms with E-state index in [4.69, 9.17) is 15.2 Å². The normalized spacial score (nSPS) is 13.5. The average Bonchev–Trinajstić information content (AvgIpc) is 3.12. The third-order valence-corrected chi connectivity index (χ3v) is 5.12. The molecular formula is C19H20N2O4S. The minimum absolute atomic E-state index is 0.0186. The predicted molar refractivity (Wildman–Crippen MR) is 100 cm³/mol. The van der Waals surface area contributed by atoms with Gasteiger partial charge in [0.1, 0.15) is 0 Å². The van der Waals surface area contributed by atoms with E-state index in [1.165, 1.54) is 17.6 Å². The van der Waals surface area contributed by atoms with Crippen LogP contribution in [0.1, 0.15) is 16.0 Å². The van der Waals surface area contributed by atoms with Crippen molar-refractivity contribution >= 4 is 29.2 Å². The first-order valence-corrected chi connectivity index (χ1v) is 9.06. The summed E-state index contributed by atoms with van der Waals surface area (Å²) < 4.78 is 10.6. The van der Waals surface area contributed by atoms with E-state index in [1.54, 1.807) is 41.7 Å². The molecule has 0 spiro atoms.